The fraction of sp³-hybridized carbons (Fsp3) is 0.111. The molecule has 1 unspecified atom stereocenters. The molecule has 0 bridgehead atoms. The first kappa shape index (κ1) is 17.6. The van der Waals surface area contributed by atoms with Crippen molar-refractivity contribution in [2.45, 2.75) is 12.2 Å². The number of nitrogens with zero attached hydrogens (tertiary/aromatic N) is 1. The number of benzene rings is 2. The fourth-order valence-corrected chi connectivity index (χ4v) is 1.73. The highest BCUT2D eigenvalue weighted by Gasteiger charge is 2.01. The van der Waals surface area contributed by atoms with Crippen LogP contribution in [-0.4, -0.2) is 26.4 Å². The number of rotatable bonds is 2. The summed E-state index contributed by atoms with van der Waals surface area (Å²) < 4.78 is 4.86. The number of aromatic hydroxyl groups is 1. The maximum absolute atomic E-state index is 9.62. The maximum Gasteiger partial charge on any atom is 0.316 e. The largest absolute Gasteiger partial charge is 0.507 e. The van der Waals surface area contributed by atoms with Gasteiger partial charge in [0.15, 0.2) is 6.39 Å². The van der Waals surface area contributed by atoms with Crippen molar-refractivity contribution in [3.8, 4) is 17.0 Å². The van der Waals surface area contributed by atoms with Crippen LogP contribution in [0, 0.1) is 10.4 Å². The number of thiol groups is 1. The summed E-state index contributed by atoms with van der Waals surface area (Å²) in [6.45, 7) is 1.51. The average molecular weight is 343 g/mol. The molecule has 1 heterocycles. The standard InChI is InChI=1S/C9H7NO.C6H4O.C3H6O2S/c1-2-4-8(5-3-1)9-6-11-7-10-9;7-6-3-4-1-2-5(4)6;1-2(6)3(4)5/h1-7H;1-3,7H;2,6H,1H3,(H,4,5). The first-order valence-electron chi connectivity index (χ1n) is 7.17. The molecule has 1 aromatic carbocycles. The first-order chi connectivity index (χ1) is 11.5. The van der Waals surface area contributed by atoms with Gasteiger partial charge in [-0.2, -0.15) is 12.6 Å². The fourth-order valence-electron chi connectivity index (χ4n) is 1.73. The van der Waals surface area contributed by atoms with E-state index in [0.717, 1.165) is 16.5 Å². The third kappa shape index (κ3) is 4.63. The van der Waals surface area contributed by atoms with Gasteiger partial charge in [-0.1, -0.05) is 42.5 Å². The van der Waals surface area contributed by atoms with Crippen molar-refractivity contribution in [3.63, 3.8) is 0 Å². The van der Waals surface area contributed by atoms with E-state index in [1.807, 2.05) is 42.5 Å². The minimum absolute atomic E-state index is 0.442. The lowest BCUT2D eigenvalue weighted by atomic mass is 10.1. The predicted molar refractivity (Wildman–Crippen MR) is 93.8 cm³/mol. The summed E-state index contributed by atoms with van der Waals surface area (Å²) in [6, 6.07) is 15.6. The Morgan fingerprint density at radius 3 is 2.17 bits per heavy atom. The van der Waals surface area contributed by atoms with Crippen molar-refractivity contribution in [1.82, 2.24) is 4.98 Å². The van der Waals surface area contributed by atoms with Crippen molar-refractivity contribution in [3.05, 3.63) is 71.6 Å². The van der Waals surface area contributed by atoms with Crippen molar-refractivity contribution >= 4 is 18.6 Å². The Balaban J connectivity index is 0.000000139. The first-order valence-corrected chi connectivity index (χ1v) is 7.68. The van der Waals surface area contributed by atoms with Crippen LogP contribution in [0.5, 0.6) is 5.75 Å². The quantitative estimate of drug-likeness (QED) is 0.483. The summed E-state index contributed by atoms with van der Waals surface area (Å²) in [4.78, 5) is 13.6. The van der Waals surface area contributed by atoms with Gasteiger partial charge in [-0.25, -0.2) is 4.98 Å². The zero-order valence-electron chi connectivity index (χ0n) is 13.0. The van der Waals surface area contributed by atoms with Crippen molar-refractivity contribution in [2.75, 3.05) is 0 Å². The lowest BCUT2D eigenvalue weighted by Crippen LogP contribution is -2.06. The number of carboxylic acids is 1. The van der Waals surface area contributed by atoms with Gasteiger partial charge in [-0.05, 0) is 18.2 Å². The normalized spacial score (nSPS) is 11.2. The van der Waals surface area contributed by atoms with Crippen molar-refractivity contribution < 1.29 is 19.4 Å². The van der Waals surface area contributed by atoms with Crippen LogP contribution in [0.15, 0.2) is 65.6 Å². The van der Waals surface area contributed by atoms with Gasteiger partial charge in [0.2, 0.25) is 0 Å². The summed E-state index contributed by atoms with van der Waals surface area (Å²) in [7, 11) is 0. The summed E-state index contributed by atoms with van der Waals surface area (Å²) in [5, 5.41) is 18.3. The Morgan fingerprint density at radius 1 is 1.21 bits per heavy atom. The van der Waals surface area contributed by atoms with Gasteiger partial charge in [-0.15, -0.1) is 0 Å². The second-order valence-corrected chi connectivity index (χ2v) is 5.76. The van der Waals surface area contributed by atoms with Gasteiger partial charge in [0.05, 0.1) is 5.25 Å². The molecule has 0 aliphatic heterocycles. The van der Waals surface area contributed by atoms with E-state index in [1.54, 1.807) is 12.3 Å². The molecule has 2 aliphatic carbocycles. The molecule has 0 saturated heterocycles. The van der Waals surface area contributed by atoms with Gasteiger partial charge in [0.25, 0.3) is 0 Å². The van der Waals surface area contributed by atoms with E-state index < -0.39 is 11.2 Å². The molecule has 4 rings (SSSR count). The second-order valence-electron chi connectivity index (χ2n) is 4.99. The smallest absolute Gasteiger partial charge is 0.316 e. The van der Waals surface area contributed by atoms with Gasteiger partial charge in [0.1, 0.15) is 17.7 Å². The Morgan fingerprint density at radius 2 is 1.88 bits per heavy atom. The molecular weight excluding hydrogens is 326 g/mol. The Bertz CT molecular complexity index is 877. The number of carboxylic acid groups (broad SMARTS) is 1. The highest BCUT2D eigenvalue weighted by Crippen LogP contribution is 2.21. The van der Waals surface area contributed by atoms with Crippen molar-refractivity contribution in [1.29, 1.82) is 0 Å². The number of phenols is 1. The Kier molecular flexibility index (Phi) is 6.03. The third-order valence-corrected chi connectivity index (χ3v) is 3.39. The summed E-state index contributed by atoms with van der Waals surface area (Å²) >= 11 is 3.59. The molecule has 2 N–H and O–H groups in total. The lowest BCUT2D eigenvalue weighted by Gasteiger charge is -2.02. The van der Waals surface area contributed by atoms with Crippen LogP contribution in [0.4, 0.5) is 0 Å². The van der Waals surface area contributed by atoms with Gasteiger partial charge in [-0.3, -0.25) is 4.79 Å². The SMILES string of the molecule is CC(S)C(=O)O.Oc1cc2ccc1=2.c1ccc(-c2cocn2)cc1. The molecule has 2 aromatic rings. The molecule has 1 atom stereocenters. The Hall–Kier alpha value is -2.73. The molecule has 0 fully saturated rings. The molecular formula is C18H17NO4S. The molecule has 0 saturated carbocycles. The number of oxazole rings is 1. The number of hydrogen-bond donors (Lipinski definition) is 3. The summed E-state index contributed by atoms with van der Waals surface area (Å²) in [5.41, 5.74) is 1.96. The molecule has 1 aromatic heterocycles. The number of hydrogen-bond acceptors (Lipinski definition) is 5. The van der Waals surface area contributed by atoms with E-state index >= 15 is 0 Å². The lowest BCUT2D eigenvalue weighted by molar-refractivity contribution is -0.136. The van der Waals surface area contributed by atoms with E-state index in [4.69, 9.17) is 14.6 Å². The zero-order valence-corrected chi connectivity index (χ0v) is 13.9. The average Bonchev–Trinajstić information content (AvgIpc) is 3.09. The van der Waals surface area contributed by atoms with Crippen LogP contribution >= 0.6 is 12.6 Å². The molecule has 24 heavy (non-hydrogen) atoms. The van der Waals surface area contributed by atoms with Crippen LogP contribution in [0.2, 0.25) is 0 Å². The minimum Gasteiger partial charge on any atom is -0.507 e. The maximum atomic E-state index is 9.62. The number of carbonyl (C=O) groups is 1. The van der Waals surface area contributed by atoms with E-state index in [0.29, 0.717) is 5.75 Å². The van der Waals surface area contributed by atoms with Crippen LogP contribution in [0.25, 0.3) is 11.3 Å². The van der Waals surface area contributed by atoms with Crippen molar-refractivity contribution in [2.24, 2.45) is 0 Å². The van der Waals surface area contributed by atoms with Crippen LogP contribution in [0.3, 0.4) is 0 Å². The molecule has 124 valence electrons. The monoisotopic (exact) mass is 343 g/mol. The topological polar surface area (TPSA) is 83.6 Å². The molecule has 0 spiro atoms. The van der Waals surface area contributed by atoms with Gasteiger partial charge in [0, 0.05) is 10.8 Å². The van der Waals surface area contributed by atoms with Crippen LogP contribution in [-0.2, 0) is 4.79 Å². The summed E-state index contributed by atoms with van der Waals surface area (Å²) in [5.74, 6) is -0.434. The van der Waals surface area contributed by atoms with E-state index in [2.05, 4.69) is 17.6 Å². The third-order valence-electron chi connectivity index (χ3n) is 3.17. The van der Waals surface area contributed by atoms with Crippen LogP contribution in [0.1, 0.15) is 6.92 Å². The number of aromatic nitrogens is 1. The number of aliphatic carboxylic acids is 1. The Labute approximate surface area is 144 Å². The predicted octanol–water partition coefficient (Wildman–Crippen LogP) is 3.72. The van der Waals surface area contributed by atoms with E-state index in [9.17, 15) is 4.79 Å². The minimum atomic E-state index is -0.877. The van der Waals surface area contributed by atoms with Gasteiger partial charge >= 0.3 is 5.97 Å². The highest BCUT2D eigenvalue weighted by atomic mass is 32.1. The second kappa shape index (κ2) is 8.21. The van der Waals surface area contributed by atoms with E-state index in [1.165, 1.54) is 18.5 Å². The molecule has 5 nitrogen and oxygen atoms in total. The molecule has 0 amide bonds. The van der Waals surface area contributed by atoms with E-state index in [-0.39, 0.29) is 0 Å². The summed E-state index contributed by atoms with van der Waals surface area (Å²) in [6.07, 6.45) is 3.07. The highest BCUT2D eigenvalue weighted by molar-refractivity contribution is 7.81. The number of phenolic OH excluding ortho intramolecular Hbond substituents is 1. The van der Waals surface area contributed by atoms with Gasteiger partial charge < -0.3 is 14.6 Å². The molecule has 0 radical (unpaired) electrons. The molecule has 6 heteroatoms. The zero-order chi connectivity index (χ0) is 17.5. The molecule has 2 aliphatic rings. The van der Waals surface area contributed by atoms with Crippen LogP contribution < -0.4 is 0 Å².